The second-order valence-corrected chi connectivity index (χ2v) is 4.02. The van der Waals surface area contributed by atoms with Crippen molar-refractivity contribution in [1.82, 2.24) is 0 Å². The molecule has 0 saturated carbocycles. The number of hydrogen-bond acceptors (Lipinski definition) is 1. The van der Waals surface area contributed by atoms with E-state index in [1.165, 1.54) is 0 Å². The van der Waals surface area contributed by atoms with Crippen molar-refractivity contribution < 1.29 is 13.2 Å². The Morgan fingerprint density at radius 3 is 2.38 bits per heavy atom. The second-order valence-electron chi connectivity index (χ2n) is 3.62. The molecule has 1 aromatic rings. The van der Waals surface area contributed by atoms with Crippen LogP contribution in [-0.4, -0.2) is 12.7 Å². The van der Waals surface area contributed by atoms with Crippen LogP contribution in [0.4, 0.5) is 13.2 Å². The minimum Gasteiger partial charge on any atom is -0.330 e. The van der Waals surface area contributed by atoms with Crippen molar-refractivity contribution in [2.75, 3.05) is 6.54 Å². The van der Waals surface area contributed by atoms with Gasteiger partial charge in [0.25, 0.3) is 0 Å². The van der Waals surface area contributed by atoms with Crippen molar-refractivity contribution in [3.8, 4) is 0 Å². The third kappa shape index (κ3) is 4.02. The molecule has 1 nitrogen and oxygen atoms in total. The summed E-state index contributed by atoms with van der Waals surface area (Å²) in [6.45, 7) is 0.214. The maximum Gasteiger partial charge on any atom is 0.389 e. The molecule has 0 amide bonds. The molecule has 1 atom stereocenters. The standard InChI is InChI=1S/C11H13ClF3N/c12-10-4-2-1-3-9(10)8(5-6-16)7-11(13,14)15/h1-4,8H,5-7,16H2. The van der Waals surface area contributed by atoms with Crippen LogP contribution in [-0.2, 0) is 0 Å². The van der Waals surface area contributed by atoms with E-state index in [1.807, 2.05) is 0 Å². The summed E-state index contributed by atoms with van der Waals surface area (Å²) >= 11 is 5.88. The van der Waals surface area contributed by atoms with Gasteiger partial charge in [0, 0.05) is 5.02 Å². The molecule has 16 heavy (non-hydrogen) atoms. The Labute approximate surface area is 97.4 Å². The first-order valence-corrected chi connectivity index (χ1v) is 5.33. The largest absolute Gasteiger partial charge is 0.389 e. The molecule has 0 aromatic heterocycles. The van der Waals surface area contributed by atoms with Crippen molar-refractivity contribution in [3.05, 3.63) is 34.9 Å². The van der Waals surface area contributed by atoms with E-state index in [1.54, 1.807) is 24.3 Å². The normalized spacial score (nSPS) is 13.8. The lowest BCUT2D eigenvalue weighted by molar-refractivity contribution is -0.139. The number of benzene rings is 1. The number of nitrogens with two attached hydrogens (primary N) is 1. The molecule has 1 rings (SSSR count). The molecule has 1 aromatic carbocycles. The maximum absolute atomic E-state index is 12.4. The minimum absolute atomic E-state index is 0.214. The quantitative estimate of drug-likeness (QED) is 0.867. The Kier molecular flexibility index (Phi) is 4.62. The van der Waals surface area contributed by atoms with Gasteiger partial charge in [-0.1, -0.05) is 29.8 Å². The van der Waals surface area contributed by atoms with E-state index in [-0.39, 0.29) is 13.0 Å². The fraction of sp³-hybridized carbons (Fsp3) is 0.455. The van der Waals surface area contributed by atoms with Crippen LogP contribution in [0.3, 0.4) is 0 Å². The van der Waals surface area contributed by atoms with Gasteiger partial charge in [-0.3, -0.25) is 0 Å². The molecular weight excluding hydrogens is 239 g/mol. The molecule has 0 heterocycles. The zero-order valence-electron chi connectivity index (χ0n) is 8.60. The first-order valence-electron chi connectivity index (χ1n) is 4.95. The first kappa shape index (κ1) is 13.3. The molecule has 0 spiro atoms. The molecule has 0 aliphatic carbocycles. The third-order valence-electron chi connectivity index (χ3n) is 2.34. The summed E-state index contributed by atoms with van der Waals surface area (Å²) in [7, 11) is 0. The fourth-order valence-electron chi connectivity index (χ4n) is 1.65. The van der Waals surface area contributed by atoms with Gasteiger partial charge in [-0.2, -0.15) is 13.2 Å². The van der Waals surface area contributed by atoms with Gasteiger partial charge >= 0.3 is 6.18 Å². The Morgan fingerprint density at radius 1 is 1.25 bits per heavy atom. The summed E-state index contributed by atoms with van der Waals surface area (Å²) in [5.41, 5.74) is 5.85. The highest BCUT2D eigenvalue weighted by Gasteiger charge is 2.32. The summed E-state index contributed by atoms with van der Waals surface area (Å²) in [5, 5.41) is 0.366. The topological polar surface area (TPSA) is 26.0 Å². The molecule has 0 saturated heterocycles. The monoisotopic (exact) mass is 251 g/mol. The van der Waals surface area contributed by atoms with Crippen LogP contribution in [0.2, 0.25) is 5.02 Å². The van der Waals surface area contributed by atoms with Crippen LogP contribution >= 0.6 is 11.6 Å². The predicted octanol–water partition coefficient (Wildman–Crippen LogP) is 3.72. The average Bonchev–Trinajstić information content (AvgIpc) is 2.16. The van der Waals surface area contributed by atoms with E-state index < -0.39 is 18.5 Å². The van der Waals surface area contributed by atoms with E-state index in [4.69, 9.17) is 17.3 Å². The molecule has 5 heteroatoms. The third-order valence-corrected chi connectivity index (χ3v) is 2.68. The van der Waals surface area contributed by atoms with Crippen LogP contribution in [0, 0.1) is 0 Å². The van der Waals surface area contributed by atoms with Gasteiger partial charge in [-0.05, 0) is 30.5 Å². The lowest BCUT2D eigenvalue weighted by Gasteiger charge is -2.19. The fourth-order valence-corrected chi connectivity index (χ4v) is 1.94. The summed E-state index contributed by atoms with van der Waals surface area (Å²) in [6, 6.07) is 6.59. The van der Waals surface area contributed by atoms with Crippen molar-refractivity contribution >= 4 is 11.6 Å². The highest BCUT2D eigenvalue weighted by Crippen LogP contribution is 2.36. The van der Waals surface area contributed by atoms with E-state index in [0.717, 1.165) is 0 Å². The molecule has 1 unspecified atom stereocenters. The summed E-state index contributed by atoms with van der Waals surface area (Å²) in [6.07, 6.45) is -4.80. The van der Waals surface area contributed by atoms with Gasteiger partial charge in [-0.15, -0.1) is 0 Å². The van der Waals surface area contributed by atoms with E-state index in [2.05, 4.69) is 0 Å². The second kappa shape index (κ2) is 5.55. The highest BCUT2D eigenvalue weighted by atomic mass is 35.5. The lowest BCUT2D eigenvalue weighted by Crippen LogP contribution is -2.17. The van der Waals surface area contributed by atoms with Crippen molar-refractivity contribution in [1.29, 1.82) is 0 Å². The number of hydrogen-bond donors (Lipinski definition) is 1. The van der Waals surface area contributed by atoms with Gasteiger partial charge in [0.1, 0.15) is 0 Å². The molecule has 0 aliphatic heterocycles. The summed E-state index contributed by atoms with van der Waals surface area (Å²) in [4.78, 5) is 0. The smallest absolute Gasteiger partial charge is 0.330 e. The molecule has 0 fully saturated rings. The average molecular weight is 252 g/mol. The molecular formula is C11H13ClF3N. The van der Waals surface area contributed by atoms with Crippen LogP contribution in [0.5, 0.6) is 0 Å². The number of rotatable bonds is 4. The molecule has 2 N–H and O–H groups in total. The van der Waals surface area contributed by atoms with Crippen LogP contribution in [0.25, 0.3) is 0 Å². The summed E-state index contributed by atoms with van der Waals surface area (Å²) < 4.78 is 37.1. The SMILES string of the molecule is NCCC(CC(F)(F)F)c1ccccc1Cl. The van der Waals surface area contributed by atoms with Crippen LogP contribution in [0.1, 0.15) is 24.3 Å². The van der Waals surface area contributed by atoms with Crippen LogP contribution < -0.4 is 5.73 Å². The Bertz CT molecular complexity index is 338. The van der Waals surface area contributed by atoms with E-state index >= 15 is 0 Å². The van der Waals surface area contributed by atoms with Gasteiger partial charge < -0.3 is 5.73 Å². The van der Waals surface area contributed by atoms with Gasteiger partial charge in [-0.25, -0.2) is 0 Å². The minimum atomic E-state index is -4.20. The highest BCUT2D eigenvalue weighted by molar-refractivity contribution is 6.31. The van der Waals surface area contributed by atoms with Crippen LogP contribution in [0.15, 0.2) is 24.3 Å². The molecule has 90 valence electrons. The number of alkyl halides is 3. The van der Waals surface area contributed by atoms with Crippen molar-refractivity contribution in [2.45, 2.75) is 24.9 Å². The summed E-state index contributed by atoms with van der Waals surface area (Å²) in [5.74, 6) is -0.654. The number of halogens is 4. The van der Waals surface area contributed by atoms with Gasteiger partial charge in [0.05, 0.1) is 6.42 Å². The zero-order chi connectivity index (χ0) is 12.2. The van der Waals surface area contributed by atoms with Gasteiger partial charge in [0.15, 0.2) is 0 Å². The maximum atomic E-state index is 12.4. The molecule has 0 radical (unpaired) electrons. The lowest BCUT2D eigenvalue weighted by atomic mass is 9.92. The zero-order valence-corrected chi connectivity index (χ0v) is 9.35. The van der Waals surface area contributed by atoms with Crippen molar-refractivity contribution in [3.63, 3.8) is 0 Å². The van der Waals surface area contributed by atoms with E-state index in [0.29, 0.717) is 10.6 Å². The first-order chi connectivity index (χ1) is 7.44. The van der Waals surface area contributed by atoms with Crippen molar-refractivity contribution in [2.24, 2.45) is 5.73 Å². The van der Waals surface area contributed by atoms with Gasteiger partial charge in [0.2, 0.25) is 0 Å². The Morgan fingerprint density at radius 2 is 1.88 bits per heavy atom. The Hall–Kier alpha value is -0.740. The predicted molar refractivity (Wildman–Crippen MR) is 58.5 cm³/mol. The molecule has 0 aliphatic rings. The Balaban J connectivity index is 2.89. The van der Waals surface area contributed by atoms with E-state index in [9.17, 15) is 13.2 Å². The molecule has 0 bridgehead atoms.